The molecule has 0 aromatic carbocycles. The van der Waals surface area contributed by atoms with E-state index in [4.69, 9.17) is 0 Å². The van der Waals surface area contributed by atoms with Crippen LogP contribution in [0.1, 0.15) is 42.8 Å². The molecule has 0 amide bonds. The Bertz CT molecular complexity index is 928. The van der Waals surface area contributed by atoms with Crippen molar-refractivity contribution in [2.45, 2.75) is 50.2 Å². The fraction of sp³-hybridized carbons (Fsp3) is 0.625. The number of aryl methyl sites for hydroxylation is 1. The lowest BCUT2D eigenvalue weighted by Crippen LogP contribution is -2.30. The number of alkyl halides is 3. The van der Waals surface area contributed by atoms with Gasteiger partial charge in [0.15, 0.2) is 5.69 Å². The van der Waals surface area contributed by atoms with Crippen LogP contribution in [0, 0.1) is 12.8 Å². The van der Waals surface area contributed by atoms with E-state index in [0.717, 1.165) is 18.9 Å². The number of halogens is 3. The topological polar surface area (TPSA) is 81.8 Å². The average Bonchev–Trinajstić information content (AvgIpc) is 3.23. The molecular weight excluding hydrogens is 383 g/mol. The van der Waals surface area contributed by atoms with Gasteiger partial charge in [-0.05, 0) is 31.7 Å². The summed E-state index contributed by atoms with van der Waals surface area (Å²) >= 11 is 0. The molecule has 1 aliphatic carbocycles. The minimum Gasteiger partial charge on any atom is -0.272 e. The minimum atomic E-state index is -4.49. The zero-order valence-corrected chi connectivity index (χ0v) is 16.1. The average molecular weight is 405 g/mol. The minimum absolute atomic E-state index is 0.0853. The van der Waals surface area contributed by atoms with Gasteiger partial charge in [0.05, 0.1) is 11.9 Å². The van der Waals surface area contributed by atoms with Crippen molar-refractivity contribution in [3.8, 4) is 0 Å². The highest BCUT2D eigenvalue weighted by atomic mass is 32.2. The summed E-state index contributed by atoms with van der Waals surface area (Å²) in [5.74, 6) is -0.134. The molecule has 2 aromatic rings. The number of nitrogens with one attached hydrogen (secondary N) is 1. The standard InChI is InChI=1S/C16H22F3N5O2S/c1-10(7-21-27(25,26)14-8-20-23(3)11(14)2)9-24-13(12-4-5-12)6-15(22-24)16(17,18)19/h6,8,10,12,21H,4-5,7,9H2,1-3H3/t10-/m1/s1. The Kier molecular flexibility index (Phi) is 5.10. The molecule has 0 saturated heterocycles. The quantitative estimate of drug-likeness (QED) is 0.767. The first-order valence-corrected chi connectivity index (χ1v) is 10.1. The van der Waals surface area contributed by atoms with Crippen LogP contribution >= 0.6 is 0 Å². The van der Waals surface area contributed by atoms with Gasteiger partial charge in [-0.15, -0.1) is 0 Å². The second-order valence-corrected chi connectivity index (χ2v) is 8.82. The molecule has 11 heteroatoms. The van der Waals surface area contributed by atoms with E-state index in [0.29, 0.717) is 11.4 Å². The molecule has 1 saturated carbocycles. The van der Waals surface area contributed by atoms with Crippen molar-refractivity contribution < 1.29 is 21.6 Å². The van der Waals surface area contributed by atoms with Gasteiger partial charge in [0.1, 0.15) is 4.90 Å². The summed E-state index contributed by atoms with van der Waals surface area (Å²) in [5.41, 5.74) is 0.177. The normalized spacial score (nSPS) is 16.7. The fourth-order valence-corrected chi connectivity index (χ4v) is 4.22. The van der Waals surface area contributed by atoms with E-state index in [1.165, 1.54) is 15.6 Å². The second kappa shape index (κ2) is 6.93. The molecule has 1 N–H and O–H groups in total. The van der Waals surface area contributed by atoms with E-state index >= 15 is 0 Å². The highest BCUT2D eigenvalue weighted by Gasteiger charge is 2.38. The van der Waals surface area contributed by atoms with E-state index in [1.54, 1.807) is 20.9 Å². The summed E-state index contributed by atoms with van der Waals surface area (Å²) in [6, 6.07) is 1.10. The summed E-state index contributed by atoms with van der Waals surface area (Å²) in [6.07, 6.45) is -1.51. The van der Waals surface area contributed by atoms with Crippen molar-refractivity contribution in [3.05, 3.63) is 29.3 Å². The Labute approximate surface area is 155 Å². The van der Waals surface area contributed by atoms with Crippen LogP contribution < -0.4 is 4.72 Å². The fourth-order valence-electron chi connectivity index (χ4n) is 2.86. The van der Waals surface area contributed by atoms with Gasteiger partial charge in [-0.25, -0.2) is 13.1 Å². The van der Waals surface area contributed by atoms with Gasteiger partial charge in [0.2, 0.25) is 10.0 Å². The van der Waals surface area contributed by atoms with Gasteiger partial charge in [-0.3, -0.25) is 9.36 Å². The number of sulfonamides is 1. The third-order valence-corrected chi connectivity index (χ3v) is 6.21. The van der Waals surface area contributed by atoms with Gasteiger partial charge in [-0.2, -0.15) is 23.4 Å². The number of nitrogens with zero attached hydrogens (tertiary/aromatic N) is 4. The third-order valence-electron chi connectivity index (χ3n) is 4.68. The summed E-state index contributed by atoms with van der Waals surface area (Å²) in [5, 5.41) is 7.62. The van der Waals surface area contributed by atoms with Crippen molar-refractivity contribution >= 4 is 10.0 Å². The second-order valence-electron chi connectivity index (χ2n) is 7.08. The Morgan fingerprint density at radius 1 is 1.37 bits per heavy atom. The Morgan fingerprint density at radius 2 is 2.04 bits per heavy atom. The first-order valence-electron chi connectivity index (χ1n) is 8.62. The van der Waals surface area contributed by atoms with Crippen molar-refractivity contribution in [2.24, 2.45) is 13.0 Å². The largest absolute Gasteiger partial charge is 0.435 e. The molecule has 0 unspecified atom stereocenters. The Hall–Kier alpha value is -1.88. The summed E-state index contributed by atoms with van der Waals surface area (Å²) in [4.78, 5) is 0.0920. The molecule has 27 heavy (non-hydrogen) atoms. The molecule has 7 nitrogen and oxygen atoms in total. The van der Waals surface area contributed by atoms with E-state index in [2.05, 4.69) is 14.9 Å². The maximum Gasteiger partial charge on any atom is 0.435 e. The van der Waals surface area contributed by atoms with Crippen LogP contribution in [-0.2, 0) is 29.8 Å². The Morgan fingerprint density at radius 3 is 2.56 bits per heavy atom. The van der Waals surface area contributed by atoms with Crippen LogP contribution in [0.5, 0.6) is 0 Å². The van der Waals surface area contributed by atoms with Gasteiger partial charge in [0.25, 0.3) is 0 Å². The van der Waals surface area contributed by atoms with Gasteiger partial charge in [0, 0.05) is 31.7 Å². The highest BCUT2D eigenvalue weighted by Crippen LogP contribution is 2.42. The van der Waals surface area contributed by atoms with Crippen LogP contribution in [-0.4, -0.2) is 34.5 Å². The Balaban J connectivity index is 1.68. The van der Waals surface area contributed by atoms with Crippen molar-refractivity contribution in [1.29, 1.82) is 0 Å². The predicted octanol–water partition coefficient (Wildman–Crippen LogP) is 2.44. The van der Waals surface area contributed by atoms with E-state index in [-0.39, 0.29) is 29.8 Å². The van der Waals surface area contributed by atoms with E-state index < -0.39 is 21.9 Å². The van der Waals surface area contributed by atoms with Gasteiger partial charge in [-0.1, -0.05) is 6.92 Å². The van der Waals surface area contributed by atoms with Crippen LogP contribution in [0.2, 0.25) is 0 Å². The summed E-state index contributed by atoms with van der Waals surface area (Å²) < 4.78 is 69.0. The lowest BCUT2D eigenvalue weighted by Gasteiger charge is -2.15. The zero-order chi connectivity index (χ0) is 20.0. The molecule has 0 spiro atoms. The molecule has 3 rings (SSSR count). The van der Waals surface area contributed by atoms with Crippen LogP contribution in [0.3, 0.4) is 0 Å². The maximum absolute atomic E-state index is 13.0. The summed E-state index contributed by atoms with van der Waals surface area (Å²) in [7, 11) is -2.09. The first-order chi connectivity index (χ1) is 12.5. The monoisotopic (exact) mass is 405 g/mol. The van der Waals surface area contributed by atoms with Crippen LogP contribution in [0.25, 0.3) is 0 Å². The van der Waals surface area contributed by atoms with Gasteiger partial charge < -0.3 is 0 Å². The molecule has 1 atom stereocenters. The van der Waals surface area contributed by atoms with Crippen molar-refractivity contribution in [1.82, 2.24) is 24.3 Å². The third kappa shape index (κ3) is 4.34. The SMILES string of the molecule is Cc1c(S(=O)(=O)NC[C@@H](C)Cn2nc(C(F)(F)F)cc2C2CC2)cnn1C. The molecular formula is C16H22F3N5O2S. The molecule has 0 aliphatic heterocycles. The first kappa shape index (κ1) is 19.9. The van der Waals surface area contributed by atoms with E-state index in [1.807, 2.05) is 0 Å². The zero-order valence-electron chi connectivity index (χ0n) is 15.3. The molecule has 150 valence electrons. The molecule has 1 fully saturated rings. The number of hydrogen-bond acceptors (Lipinski definition) is 4. The van der Waals surface area contributed by atoms with Crippen molar-refractivity contribution in [3.63, 3.8) is 0 Å². The maximum atomic E-state index is 13.0. The lowest BCUT2D eigenvalue weighted by atomic mass is 10.2. The lowest BCUT2D eigenvalue weighted by molar-refractivity contribution is -0.141. The molecule has 0 bridgehead atoms. The van der Waals surface area contributed by atoms with Crippen LogP contribution in [0.15, 0.2) is 17.2 Å². The predicted molar refractivity (Wildman–Crippen MR) is 91.5 cm³/mol. The van der Waals surface area contributed by atoms with Crippen LogP contribution in [0.4, 0.5) is 13.2 Å². The molecule has 2 heterocycles. The molecule has 0 radical (unpaired) electrons. The highest BCUT2D eigenvalue weighted by molar-refractivity contribution is 7.89. The number of aromatic nitrogens is 4. The van der Waals surface area contributed by atoms with Gasteiger partial charge >= 0.3 is 6.18 Å². The van der Waals surface area contributed by atoms with E-state index in [9.17, 15) is 21.6 Å². The molecule has 1 aliphatic rings. The number of rotatable bonds is 7. The summed E-state index contributed by atoms with van der Waals surface area (Å²) in [6.45, 7) is 3.71. The van der Waals surface area contributed by atoms with Crippen molar-refractivity contribution in [2.75, 3.05) is 6.54 Å². The molecule has 2 aromatic heterocycles. The number of hydrogen-bond donors (Lipinski definition) is 1. The smallest absolute Gasteiger partial charge is 0.272 e.